The summed E-state index contributed by atoms with van der Waals surface area (Å²) < 4.78 is 0.543. The molecule has 0 saturated carbocycles. The summed E-state index contributed by atoms with van der Waals surface area (Å²) in [6.45, 7) is 1.91. The zero-order valence-electron chi connectivity index (χ0n) is 7.63. The van der Waals surface area contributed by atoms with Gasteiger partial charge in [-0.15, -0.1) is 0 Å². The van der Waals surface area contributed by atoms with Crippen LogP contribution in [0.3, 0.4) is 0 Å². The number of rotatable bonds is 3. The predicted molar refractivity (Wildman–Crippen MR) is 51.1 cm³/mol. The first-order valence-electron chi connectivity index (χ1n) is 3.11. The van der Waals surface area contributed by atoms with Gasteiger partial charge in [0.15, 0.2) is 0 Å². The Hall–Kier alpha value is 1.07. The molecule has 0 bridgehead atoms. The normalized spacial score (nSPS) is 9.09. The maximum absolute atomic E-state index is 4.79. The molecule has 0 amide bonds. The Kier molecular flexibility index (Phi) is 10.2. The molecule has 0 atom stereocenters. The summed E-state index contributed by atoms with van der Waals surface area (Å²) in [5.74, 6) is 0. The van der Waals surface area contributed by atoms with E-state index in [1.54, 1.807) is 0 Å². The van der Waals surface area contributed by atoms with Gasteiger partial charge in [0.25, 0.3) is 0 Å². The van der Waals surface area contributed by atoms with E-state index >= 15 is 0 Å². The fraction of sp³-hybridized carbons (Fsp3) is 0.833. The number of likely N-dealkylation sites (N-methyl/N-ethyl adjacent to an activating group) is 2. The molecule has 0 aromatic carbocycles. The molecule has 2 nitrogen and oxygen atoms in total. The summed E-state index contributed by atoms with van der Waals surface area (Å²) in [6, 6.07) is 0. The standard InChI is InChI=1S/C6H14N2S2.Na/c1-7(2)4-5-8(3)6(9)10;/h4-5H2,1-3H3,(H,9,10);/q;+1/p-1. The van der Waals surface area contributed by atoms with Crippen LogP contribution >= 0.6 is 12.2 Å². The molecule has 11 heavy (non-hydrogen) atoms. The summed E-state index contributed by atoms with van der Waals surface area (Å²) in [5, 5.41) is 0. The Morgan fingerprint density at radius 1 is 1.27 bits per heavy atom. The van der Waals surface area contributed by atoms with E-state index in [4.69, 9.17) is 24.8 Å². The molecular weight excluding hydrogens is 187 g/mol. The van der Waals surface area contributed by atoms with Gasteiger partial charge in [-0.25, -0.2) is 0 Å². The number of hydrogen-bond donors (Lipinski definition) is 0. The Labute approximate surface area is 102 Å². The zero-order chi connectivity index (χ0) is 8.15. The van der Waals surface area contributed by atoms with Crippen molar-refractivity contribution in [2.24, 2.45) is 0 Å². The van der Waals surface area contributed by atoms with Gasteiger partial charge in [0.05, 0.1) is 0 Å². The molecule has 0 rings (SSSR count). The van der Waals surface area contributed by atoms with Gasteiger partial charge >= 0.3 is 29.6 Å². The summed E-state index contributed by atoms with van der Waals surface area (Å²) in [7, 11) is 5.97. The zero-order valence-corrected chi connectivity index (χ0v) is 11.3. The molecule has 0 radical (unpaired) electrons. The minimum atomic E-state index is 0. The molecule has 0 N–H and O–H groups in total. The van der Waals surface area contributed by atoms with Crippen LogP contribution in [-0.4, -0.2) is 48.4 Å². The van der Waals surface area contributed by atoms with E-state index < -0.39 is 0 Å². The van der Waals surface area contributed by atoms with Gasteiger partial charge in [-0.05, 0) is 14.1 Å². The van der Waals surface area contributed by atoms with Gasteiger partial charge in [-0.3, -0.25) is 0 Å². The predicted octanol–water partition coefficient (Wildman–Crippen LogP) is -2.68. The van der Waals surface area contributed by atoms with Crippen LogP contribution in [0.15, 0.2) is 0 Å². The van der Waals surface area contributed by atoms with Gasteiger partial charge in [0.2, 0.25) is 0 Å². The summed E-state index contributed by atoms with van der Waals surface area (Å²) in [6.07, 6.45) is 0. The Balaban J connectivity index is 0. The van der Waals surface area contributed by atoms with Gasteiger partial charge in [-0.1, -0.05) is 4.32 Å². The molecule has 60 valence electrons. The molecule has 0 aliphatic carbocycles. The third kappa shape index (κ3) is 8.98. The van der Waals surface area contributed by atoms with Gasteiger partial charge in [0.1, 0.15) is 0 Å². The monoisotopic (exact) mass is 200 g/mol. The quantitative estimate of drug-likeness (QED) is 0.278. The minimum absolute atomic E-state index is 0. The molecule has 0 heterocycles. The molecule has 0 aliphatic heterocycles. The van der Waals surface area contributed by atoms with E-state index in [0.29, 0.717) is 4.32 Å². The second-order valence-electron chi connectivity index (χ2n) is 2.49. The number of thiocarbonyl (C=S) groups is 1. The molecule has 0 aliphatic rings. The van der Waals surface area contributed by atoms with E-state index in [1.807, 2.05) is 26.0 Å². The van der Waals surface area contributed by atoms with Crippen LogP contribution in [-0.2, 0) is 12.6 Å². The number of nitrogens with zero attached hydrogens (tertiary/aromatic N) is 2. The molecule has 0 saturated heterocycles. The van der Waals surface area contributed by atoms with Crippen molar-refractivity contribution in [1.82, 2.24) is 9.80 Å². The van der Waals surface area contributed by atoms with E-state index in [9.17, 15) is 0 Å². The van der Waals surface area contributed by atoms with Crippen molar-refractivity contribution in [3.63, 3.8) is 0 Å². The van der Waals surface area contributed by atoms with Crippen molar-refractivity contribution in [2.75, 3.05) is 34.2 Å². The van der Waals surface area contributed by atoms with Crippen molar-refractivity contribution in [3.8, 4) is 0 Å². The van der Waals surface area contributed by atoms with E-state index in [0.717, 1.165) is 13.1 Å². The fourth-order valence-corrected chi connectivity index (χ4v) is 0.624. The average Bonchev–Trinajstić information content (AvgIpc) is 1.82. The first-order chi connectivity index (χ1) is 4.54. The second kappa shape index (κ2) is 7.71. The summed E-state index contributed by atoms with van der Waals surface area (Å²) in [4.78, 5) is 3.99. The van der Waals surface area contributed by atoms with Gasteiger partial charge in [-0.2, -0.15) is 0 Å². The molecule has 0 spiro atoms. The van der Waals surface area contributed by atoms with Crippen molar-refractivity contribution in [1.29, 1.82) is 0 Å². The maximum atomic E-state index is 4.79. The molecule has 0 aromatic heterocycles. The smallest absolute Gasteiger partial charge is 0.411 e. The molecule has 0 fully saturated rings. The third-order valence-corrected chi connectivity index (χ3v) is 1.82. The molecular formula is C6H13N2NaS2. The molecule has 0 aromatic rings. The van der Waals surface area contributed by atoms with E-state index in [2.05, 4.69) is 4.90 Å². The fourth-order valence-electron chi connectivity index (χ4n) is 0.441. The first kappa shape index (κ1) is 14.6. The molecule has 0 unspecified atom stereocenters. The summed E-state index contributed by atoms with van der Waals surface area (Å²) >= 11 is 9.58. The number of hydrogen-bond acceptors (Lipinski definition) is 3. The van der Waals surface area contributed by atoms with Crippen LogP contribution in [0.2, 0.25) is 0 Å². The van der Waals surface area contributed by atoms with Crippen LogP contribution in [0.4, 0.5) is 0 Å². The van der Waals surface area contributed by atoms with Crippen LogP contribution in [0, 0.1) is 0 Å². The first-order valence-corrected chi connectivity index (χ1v) is 3.92. The SMILES string of the molecule is CN(C)CCN(C)C(=S)[S-].[Na+]. The van der Waals surface area contributed by atoms with E-state index in [1.165, 1.54) is 0 Å². The van der Waals surface area contributed by atoms with Crippen LogP contribution < -0.4 is 29.6 Å². The largest absolute Gasteiger partial charge is 1.00 e. The van der Waals surface area contributed by atoms with Crippen molar-refractivity contribution in [3.05, 3.63) is 0 Å². The van der Waals surface area contributed by atoms with Crippen molar-refractivity contribution >= 4 is 29.2 Å². The van der Waals surface area contributed by atoms with Gasteiger partial charge in [0, 0.05) is 20.1 Å². The Morgan fingerprint density at radius 3 is 2.00 bits per heavy atom. The Morgan fingerprint density at radius 2 is 1.73 bits per heavy atom. The second-order valence-corrected chi connectivity index (χ2v) is 3.52. The Bertz CT molecular complexity index is 119. The van der Waals surface area contributed by atoms with Crippen molar-refractivity contribution in [2.45, 2.75) is 0 Å². The molecule has 5 heteroatoms. The van der Waals surface area contributed by atoms with Crippen molar-refractivity contribution < 1.29 is 29.6 Å². The minimum Gasteiger partial charge on any atom is -0.411 e. The maximum Gasteiger partial charge on any atom is 1.00 e. The van der Waals surface area contributed by atoms with Gasteiger partial charge < -0.3 is 34.6 Å². The topological polar surface area (TPSA) is 6.48 Å². The third-order valence-electron chi connectivity index (χ3n) is 1.19. The van der Waals surface area contributed by atoms with Crippen LogP contribution in [0.25, 0.3) is 0 Å². The summed E-state index contributed by atoms with van der Waals surface area (Å²) in [5.41, 5.74) is 0. The van der Waals surface area contributed by atoms with Crippen LogP contribution in [0.5, 0.6) is 0 Å². The van der Waals surface area contributed by atoms with Crippen LogP contribution in [0.1, 0.15) is 0 Å². The van der Waals surface area contributed by atoms with E-state index in [-0.39, 0.29) is 29.6 Å². The average molecular weight is 200 g/mol.